The second kappa shape index (κ2) is 10.6. The maximum Gasteiger partial charge on any atom is 0.240 e. The summed E-state index contributed by atoms with van der Waals surface area (Å²) in [4.78, 5) is 11.6. The number of hydrogen-bond acceptors (Lipinski definition) is 2. The Balaban J connectivity index is 2.23. The number of carbonyl (C=O) groups is 1. The normalized spacial score (nSPS) is 11.0. The number of amides is 1. The molecule has 0 atom stereocenters. The molecular formula is C16H22Cl2N2O. The molecule has 0 saturated carbocycles. The minimum absolute atomic E-state index is 0.0695. The average Bonchev–Trinajstić information content (AvgIpc) is 2.47. The quantitative estimate of drug-likeness (QED) is 0.378. The van der Waals surface area contributed by atoms with Gasteiger partial charge in [0.15, 0.2) is 0 Å². The Kier molecular flexibility index (Phi) is 9.11. The molecule has 0 radical (unpaired) electrons. The van der Waals surface area contributed by atoms with Gasteiger partial charge in [-0.1, -0.05) is 74.4 Å². The Morgan fingerprint density at radius 2 is 1.90 bits per heavy atom. The van der Waals surface area contributed by atoms with Crippen molar-refractivity contribution in [1.29, 1.82) is 0 Å². The first-order valence-electron chi connectivity index (χ1n) is 7.41. The maximum atomic E-state index is 11.6. The fourth-order valence-corrected chi connectivity index (χ4v) is 2.27. The zero-order valence-corrected chi connectivity index (χ0v) is 13.9. The summed E-state index contributed by atoms with van der Waals surface area (Å²) in [7, 11) is 0. The molecule has 1 aromatic rings. The van der Waals surface area contributed by atoms with E-state index in [1.807, 2.05) is 0 Å². The molecule has 0 fully saturated rings. The van der Waals surface area contributed by atoms with Gasteiger partial charge in [-0.15, -0.1) is 0 Å². The molecule has 1 rings (SSSR count). The van der Waals surface area contributed by atoms with Crippen molar-refractivity contribution in [3.05, 3.63) is 33.8 Å². The fraction of sp³-hybridized carbons (Fsp3) is 0.500. The predicted molar refractivity (Wildman–Crippen MR) is 90.2 cm³/mol. The van der Waals surface area contributed by atoms with Crippen LogP contribution in [0.4, 0.5) is 0 Å². The SMILES string of the molecule is CCCCCCCCC(=O)N/N=C\c1cccc(Cl)c1Cl. The summed E-state index contributed by atoms with van der Waals surface area (Å²) >= 11 is 11.9. The van der Waals surface area contributed by atoms with E-state index in [4.69, 9.17) is 23.2 Å². The molecule has 116 valence electrons. The number of unbranched alkanes of at least 4 members (excludes halogenated alkanes) is 5. The highest BCUT2D eigenvalue weighted by Gasteiger charge is 2.02. The van der Waals surface area contributed by atoms with Crippen molar-refractivity contribution in [2.45, 2.75) is 51.9 Å². The van der Waals surface area contributed by atoms with Crippen molar-refractivity contribution >= 4 is 35.3 Å². The van der Waals surface area contributed by atoms with E-state index < -0.39 is 0 Å². The molecule has 21 heavy (non-hydrogen) atoms. The lowest BCUT2D eigenvalue weighted by atomic mass is 10.1. The minimum Gasteiger partial charge on any atom is -0.273 e. The number of hydrazone groups is 1. The third kappa shape index (κ3) is 7.49. The van der Waals surface area contributed by atoms with Crippen LogP contribution >= 0.6 is 23.2 Å². The van der Waals surface area contributed by atoms with E-state index in [-0.39, 0.29) is 5.91 Å². The van der Waals surface area contributed by atoms with E-state index in [0.717, 1.165) is 12.8 Å². The van der Waals surface area contributed by atoms with Gasteiger partial charge in [0.2, 0.25) is 5.91 Å². The van der Waals surface area contributed by atoms with Crippen molar-refractivity contribution in [3.8, 4) is 0 Å². The summed E-state index contributed by atoms with van der Waals surface area (Å²) in [6.07, 6.45) is 8.98. The molecule has 0 heterocycles. The zero-order chi connectivity index (χ0) is 15.5. The Labute approximate surface area is 136 Å². The number of carbonyl (C=O) groups excluding carboxylic acids is 1. The third-order valence-corrected chi connectivity index (χ3v) is 3.97. The van der Waals surface area contributed by atoms with Crippen LogP contribution in [0, 0.1) is 0 Å². The molecule has 1 amide bonds. The second-order valence-electron chi connectivity index (χ2n) is 4.95. The van der Waals surface area contributed by atoms with E-state index in [1.54, 1.807) is 18.2 Å². The summed E-state index contributed by atoms with van der Waals surface area (Å²) in [5.74, 6) is -0.0695. The highest BCUT2D eigenvalue weighted by atomic mass is 35.5. The number of rotatable bonds is 9. The number of hydrogen-bond donors (Lipinski definition) is 1. The predicted octanol–water partition coefficient (Wildman–Crippen LogP) is 5.19. The van der Waals surface area contributed by atoms with Crippen molar-refractivity contribution in [3.63, 3.8) is 0 Å². The van der Waals surface area contributed by atoms with Gasteiger partial charge in [-0.2, -0.15) is 5.10 Å². The number of nitrogens with one attached hydrogen (secondary N) is 1. The first-order valence-corrected chi connectivity index (χ1v) is 8.16. The summed E-state index contributed by atoms with van der Waals surface area (Å²) in [6, 6.07) is 5.28. The lowest BCUT2D eigenvalue weighted by Crippen LogP contribution is -2.16. The lowest BCUT2D eigenvalue weighted by Gasteiger charge is -2.02. The highest BCUT2D eigenvalue weighted by Crippen LogP contribution is 2.24. The molecule has 5 heteroatoms. The third-order valence-electron chi connectivity index (χ3n) is 3.13. The Bertz CT molecular complexity index is 475. The smallest absolute Gasteiger partial charge is 0.240 e. The summed E-state index contributed by atoms with van der Waals surface area (Å²) in [5.41, 5.74) is 3.19. The largest absolute Gasteiger partial charge is 0.273 e. The Hall–Kier alpha value is -1.06. The molecule has 0 aromatic heterocycles. The van der Waals surface area contributed by atoms with Crippen LogP contribution in [0.3, 0.4) is 0 Å². The van der Waals surface area contributed by atoms with Crippen molar-refractivity contribution in [2.75, 3.05) is 0 Å². The van der Waals surface area contributed by atoms with Crippen molar-refractivity contribution in [1.82, 2.24) is 5.43 Å². The first-order chi connectivity index (χ1) is 10.1. The van der Waals surface area contributed by atoms with E-state index in [9.17, 15) is 4.79 Å². The summed E-state index contributed by atoms with van der Waals surface area (Å²) in [6.45, 7) is 2.19. The number of benzene rings is 1. The molecule has 1 N–H and O–H groups in total. The van der Waals surface area contributed by atoms with Crippen LogP contribution < -0.4 is 5.43 Å². The van der Waals surface area contributed by atoms with Gasteiger partial charge in [0.25, 0.3) is 0 Å². The standard InChI is InChI=1S/C16H22Cl2N2O/c1-2-3-4-5-6-7-11-15(21)20-19-12-13-9-8-10-14(17)16(13)18/h8-10,12H,2-7,11H2,1H3,(H,20,21)/b19-12-. The topological polar surface area (TPSA) is 41.5 Å². The van der Waals surface area contributed by atoms with E-state index in [1.165, 1.54) is 31.9 Å². The lowest BCUT2D eigenvalue weighted by molar-refractivity contribution is -0.121. The van der Waals surface area contributed by atoms with Crippen LogP contribution in [0.25, 0.3) is 0 Å². The van der Waals surface area contributed by atoms with Crippen LogP contribution in [-0.4, -0.2) is 12.1 Å². The zero-order valence-electron chi connectivity index (χ0n) is 12.4. The molecule has 1 aromatic carbocycles. The maximum absolute atomic E-state index is 11.6. The number of nitrogens with zero attached hydrogens (tertiary/aromatic N) is 1. The minimum atomic E-state index is -0.0695. The Morgan fingerprint density at radius 3 is 2.67 bits per heavy atom. The van der Waals surface area contributed by atoms with Gasteiger partial charge in [0, 0.05) is 12.0 Å². The van der Waals surface area contributed by atoms with Crippen LogP contribution in [-0.2, 0) is 4.79 Å². The molecular weight excluding hydrogens is 307 g/mol. The van der Waals surface area contributed by atoms with Crippen LogP contribution in [0.15, 0.2) is 23.3 Å². The summed E-state index contributed by atoms with van der Waals surface area (Å²) in [5, 5.41) is 4.81. The van der Waals surface area contributed by atoms with Crippen molar-refractivity contribution in [2.24, 2.45) is 5.10 Å². The van der Waals surface area contributed by atoms with E-state index in [0.29, 0.717) is 22.0 Å². The van der Waals surface area contributed by atoms with E-state index in [2.05, 4.69) is 17.5 Å². The Morgan fingerprint density at radius 1 is 1.19 bits per heavy atom. The average molecular weight is 329 g/mol. The molecule has 0 aliphatic rings. The van der Waals surface area contributed by atoms with Gasteiger partial charge in [0.1, 0.15) is 0 Å². The molecule has 0 saturated heterocycles. The van der Waals surface area contributed by atoms with Gasteiger partial charge in [-0.25, -0.2) is 5.43 Å². The van der Waals surface area contributed by atoms with Crippen molar-refractivity contribution < 1.29 is 4.79 Å². The second-order valence-corrected chi connectivity index (χ2v) is 5.74. The first kappa shape index (κ1) is 18.0. The molecule has 0 unspecified atom stereocenters. The van der Waals surface area contributed by atoms with Gasteiger partial charge in [-0.05, 0) is 12.5 Å². The molecule has 0 aliphatic carbocycles. The fourth-order valence-electron chi connectivity index (χ4n) is 1.92. The molecule has 0 spiro atoms. The summed E-state index contributed by atoms with van der Waals surface area (Å²) < 4.78 is 0. The van der Waals surface area contributed by atoms with Gasteiger partial charge in [0.05, 0.1) is 16.3 Å². The number of halogens is 2. The van der Waals surface area contributed by atoms with Gasteiger partial charge in [-0.3, -0.25) is 4.79 Å². The molecule has 0 aliphatic heterocycles. The van der Waals surface area contributed by atoms with E-state index >= 15 is 0 Å². The van der Waals surface area contributed by atoms with Crippen LogP contribution in [0.2, 0.25) is 10.0 Å². The van der Waals surface area contributed by atoms with Gasteiger partial charge < -0.3 is 0 Å². The van der Waals surface area contributed by atoms with Gasteiger partial charge >= 0.3 is 0 Å². The van der Waals surface area contributed by atoms with Crippen LogP contribution in [0.1, 0.15) is 57.4 Å². The van der Waals surface area contributed by atoms with Crippen LogP contribution in [0.5, 0.6) is 0 Å². The monoisotopic (exact) mass is 328 g/mol. The molecule has 0 bridgehead atoms. The highest BCUT2D eigenvalue weighted by molar-refractivity contribution is 6.43. The molecule has 3 nitrogen and oxygen atoms in total.